The Labute approximate surface area is 123 Å². The molecule has 0 radical (unpaired) electrons. The average Bonchev–Trinajstić information content (AvgIpc) is 2.47. The molecule has 2 rings (SSSR count). The van der Waals surface area contributed by atoms with Crippen LogP contribution in [0.2, 0.25) is 0 Å². The van der Waals surface area contributed by atoms with Crippen LogP contribution in [-0.4, -0.2) is 18.8 Å². The molecule has 21 heavy (non-hydrogen) atoms. The number of ether oxygens (including phenoxy) is 1. The van der Waals surface area contributed by atoms with Crippen molar-refractivity contribution in [1.82, 2.24) is 0 Å². The molecule has 2 aromatic rings. The van der Waals surface area contributed by atoms with Crippen LogP contribution in [0, 0.1) is 0 Å². The highest BCUT2D eigenvalue weighted by atomic mass is 16.5. The minimum absolute atomic E-state index is 0.150. The van der Waals surface area contributed by atoms with Crippen LogP contribution in [-0.2, 0) is 11.2 Å². The van der Waals surface area contributed by atoms with Crippen LogP contribution >= 0.6 is 0 Å². The number of benzene rings is 2. The van der Waals surface area contributed by atoms with Crippen LogP contribution in [0.5, 0.6) is 5.75 Å². The molecule has 0 bridgehead atoms. The molecule has 4 heteroatoms. The first-order valence-electron chi connectivity index (χ1n) is 6.63. The predicted molar refractivity (Wildman–Crippen MR) is 81.8 cm³/mol. The third kappa shape index (κ3) is 3.69. The van der Waals surface area contributed by atoms with Gasteiger partial charge in [0.1, 0.15) is 5.75 Å². The van der Waals surface area contributed by atoms with Crippen molar-refractivity contribution in [2.24, 2.45) is 0 Å². The van der Waals surface area contributed by atoms with Gasteiger partial charge in [0, 0.05) is 0 Å². The highest BCUT2D eigenvalue weighted by Crippen LogP contribution is 2.27. The van der Waals surface area contributed by atoms with Crippen LogP contribution < -0.4 is 10.1 Å². The topological polar surface area (TPSA) is 55.4 Å². The first-order chi connectivity index (χ1) is 10.1. The SMILES string of the molecule is COc1cccc(NC(=O)Cc2ccccc2)c1C(C)=O. The van der Waals surface area contributed by atoms with E-state index in [1.165, 1.54) is 14.0 Å². The van der Waals surface area contributed by atoms with E-state index in [-0.39, 0.29) is 18.1 Å². The third-order valence-electron chi connectivity index (χ3n) is 3.08. The number of hydrogen-bond acceptors (Lipinski definition) is 3. The molecule has 0 aliphatic rings. The smallest absolute Gasteiger partial charge is 0.228 e. The van der Waals surface area contributed by atoms with E-state index in [2.05, 4.69) is 5.32 Å². The molecule has 108 valence electrons. The lowest BCUT2D eigenvalue weighted by Gasteiger charge is -2.12. The number of carbonyl (C=O) groups excluding carboxylic acids is 2. The Morgan fingerprint density at radius 3 is 2.38 bits per heavy atom. The Bertz CT molecular complexity index is 650. The second-order valence-corrected chi connectivity index (χ2v) is 4.65. The molecule has 0 saturated heterocycles. The quantitative estimate of drug-likeness (QED) is 0.858. The fourth-order valence-corrected chi connectivity index (χ4v) is 2.14. The van der Waals surface area contributed by atoms with E-state index >= 15 is 0 Å². The molecule has 0 aromatic heterocycles. The monoisotopic (exact) mass is 283 g/mol. The molecule has 0 saturated carbocycles. The Hall–Kier alpha value is -2.62. The third-order valence-corrected chi connectivity index (χ3v) is 3.08. The standard InChI is InChI=1S/C17H17NO3/c1-12(19)17-14(9-6-10-15(17)21-2)18-16(20)11-13-7-4-3-5-8-13/h3-10H,11H2,1-2H3,(H,18,20). The summed E-state index contributed by atoms with van der Waals surface area (Å²) in [5.41, 5.74) is 1.78. The van der Waals surface area contributed by atoms with Gasteiger partial charge in [0.15, 0.2) is 5.78 Å². The largest absolute Gasteiger partial charge is 0.496 e. The van der Waals surface area contributed by atoms with Crippen molar-refractivity contribution >= 4 is 17.4 Å². The maximum absolute atomic E-state index is 12.1. The van der Waals surface area contributed by atoms with Gasteiger partial charge in [0.2, 0.25) is 5.91 Å². The summed E-state index contributed by atoms with van der Waals surface area (Å²) in [6.07, 6.45) is 0.259. The minimum atomic E-state index is -0.169. The van der Waals surface area contributed by atoms with E-state index in [0.29, 0.717) is 17.0 Å². The highest BCUT2D eigenvalue weighted by Gasteiger charge is 2.15. The van der Waals surface area contributed by atoms with Crippen molar-refractivity contribution in [3.05, 3.63) is 59.7 Å². The number of hydrogen-bond donors (Lipinski definition) is 1. The lowest BCUT2D eigenvalue weighted by Crippen LogP contribution is -2.16. The van der Waals surface area contributed by atoms with Crippen molar-refractivity contribution < 1.29 is 14.3 Å². The van der Waals surface area contributed by atoms with E-state index in [0.717, 1.165) is 5.56 Å². The van der Waals surface area contributed by atoms with Gasteiger partial charge in [-0.15, -0.1) is 0 Å². The second-order valence-electron chi connectivity index (χ2n) is 4.65. The maximum atomic E-state index is 12.1. The number of anilines is 1. The second kappa shape index (κ2) is 6.70. The van der Waals surface area contributed by atoms with E-state index < -0.39 is 0 Å². The number of rotatable bonds is 5. The molecule has 0 aliphatic heterocycles. The molecule has 1 amide bonds. The normalized spacial score (nSPS) is 10.0. The van der Waals surface area contributed by atoms with Gasteiger partial charge in [-0.25, -0.2) is 0 Å². The summed E-state index contributed by atoms with van der Waals surface area (Å²) < 4.78 is 5.18. The lowest BCUT2D eigenvalue weighted by molar-refractivity contribution is -0.115. The Morgan fingerprint density at radius 1 is 1.05 bits per heavy atom. The molecule has 0 fully saturated rings. The molecule has 0 atom stereocenters. The van der Waals surface area contributed by atoms with Crippen molar-refractivity contribution in [3.8, 4) is 5.75 Å². The average molecular weight is 283 g/mol. The van der Waals surface area contributed by atoms with Crippen LogP contribution in [0.25, 0.3) is 0 Å². The number of Topliss-reactive ketones (excluding diaryl/α,β-unsaturated/α-hetero) is 1. The maximum Gasteiger partial charge on any atom is 0.228 e. The van der Waals surface area contributed by atoms with Crippen molar-refractivity contribution in [2.45, 2.75) is 13.3 Å². The van der Waals surface area contributed by atoms with Gasteiger partial charge >= 0.3 is 0 Å². The van der Waals surface area contributed by atoms with E-state index in [4.69, 9.17) is 4.74 Å². The molecule has 0 spiro atoms. The molecule has 1 N–H and O–H groups in total. The van der Waals surface area contributed by atoms with E-state index in [1.54, 1.807) is 18.2 Å². The summed E-state index contributed by atoms with van der Waals surface area (Å²) in [4.78, 5) is 23.8. The zero-order valence-corrected chi connectivity index (χ0v) is 12.1. The van der Waals surface area contributed by atoms with E-state index in [1.807, 2.05) is 30.3 Å². The summed E-state index contributed by atoms with van der Waals surface area (Å²) in [5.74, 6) is 0.138. The highest BCUT2D eigenvalue weighted by molar-refractivity contribution is 6.06. The number of carbonyl (C=O) groups is 2. The van der Waals surface area contributed by atoms with Gasteiger partial charge in [-0.3, -0.25) is 9.59 Å². The molecule has 0 unspecified atom stereocenters. The van der Waals surface area contributed by atoms with E-state index in [9.17, 15) is 9.59 Å². The number of amides is 1. The summed E-state index contributed by atoms with van der Waals surface area (Å²) in [7, 11) is 1.50. The Kier molecular flexibility index (Phi) is 4.72. The number of methoxy groups -OCH3 is 1. The zero-order valence-electron chi connectivity index (χ0n) is 12.1. The van der Waals surface area contributed by atoms with Crippen LogP contribution in [0.1, 0.15) is 22.8 Å². The minimum Gasteiger partial charge on any atom is -0.496 e. The van der Waals surface area contributed by atoms with Crippen molar-refractivity contribution in [1.29, 1.82) is 0 Å². The first kappa shape index (κ1) is 14.8. The summed E-state index contributed by atoms with van der Waals surface area (Å²) in [6.45, 7) is 1.45. The lowest BCUT2D eigenvalue weighted by atomic mass is 10.1. The fourth-order valence-electron chi connectivity index (χ4n) is 2.14. The van der Waals surface area contributed by atoms with Crippen LogP contribution in [0.4, 0.5) is 5.69 Å². The summed E-state index contributed by atoms with van der Waals surface area (Å²) >= 11 is 0. The van der Waals surface area contributed by atoms with Gasteiger partial charge in [0.25, 0.3) is 0 Å². The van der Waals surface area contributed by atoms with Crippen LogP contribution in [0.15, 0.2) is 48.5 Å². The van der Waals surface area contributed by atoms with Crippen molar-refractivity contribution in [3.63, 3.8) is 0 Å². The summed E-state index contributed by atoms with van der Waals surface area (Å²) in [5, 5.41) is 2.78. The van der Waals surface area contributed by atoms with Crippen LogP contribution in [0.3, 0.4) is 0 Å². The number of nitrogens with one attached hydrogen (secondary N) is 1. The number of ketones is 1. The van der Waals surface area contributed by atoms with Gasteiger partial charge < -0.3 is 10.1 Å². The first-order valence-corrected chi connectivity index (χ1v) is 6.63. The summed E-state index contributed by atoms with van der Waals surface area (Å²) in [6, 6.07) is 14.6. The molecule has 0 aliphatic carbocycles. The van der Waals surface area contributed by atoms with Gasteiger partial charge in [0.05, 0.1) is 24.8 Å². The fraction of sp³-hybridized carbons (Fsp3) is 0.176. The molecule has 4 nitrogen and oxygen atoms in total. The predicted octanol–water partition coefficient (Wildman–Crippen LogP) is 3.08. The molecule has 2 aromatic carbocycles. The molecular formula is C17H17NO3. The van der Waals surface area contributed by atoms with Crippen molar-refractivity contribution in [2.75, 3.05) is 12.4 Å². The Morgan fingerprint density at radius 2 is 1.76 bits per heavy atom. The Balaban J connectivity index is 2.19. The molecule has 0 heterocycles. The zero-order chi connectivity index (χ0) is 15.2. The van der Waals surface area contributed by atoms with Gasteiger partial charge in [-0.1, -0.05) is 36.4 Å². The van der Waals surface area contributed by atoms with Gasteiger partial charge in [-0.2, -0.15) is 0 Å². The molecular weight excluding hydrogens is 266 g/mol. The van der Waals surface area contributed by atoms with Gasteiger partial charge in [-0.05, 0) is 24.6 Å².